The van der Waals surface area contributed by atoms with E-state index in [-0.39, 0.29) is 0 Å². The monoisotopic (exact) mass is 1420 g/mol. The number of benzene rings is 21. The van der Waals surface area contributed by atoms with Gasteiger partial charge in [-0.2, -0.15) is 0 Å². The van der Waals surface area contributed by atoms with Crippen molar-refractivity contribution in [3.8, 4) is 89.0 Å². The molecule has 21 rings (SSSR count). The first-order valence-electron chi connectivity index (χ1n) is 38.7. The van der Waals surface area contributed by atoms with E-state index >= 15 is 0 Å². The quantitative estimate of drug-likeness (QED) is 0.100. The van der Waals surface area contributed by atoms with Crippen LogP contribution in [0.5, 0.6) is 0 Å². The maximum absolute atomic E-state index is 2.52. The summed E-state index contributed by atoms with van der Waals surface area (Å²) in [5.74, 6) is 0. The molecule has 0 N–H and O–H groups in total. The van der Waals surface area contributed by atoms with E-state index in [1.54, 1.807) is 0 Å². The first-order chi connectivity index (χ1) is 55.6. The van der Waals surface area contributed by atoms with Gasteiger partial charge >= 0.3 is 0 Å². The van der Waals surface area contributed by atoms with Crippen LogP contribution in [0, 0.1) is 0 Å². The second-order valence-corrected chi connectivity index (χ2v) is 29.3. The Bertz CT molecular complexity index is 6960. The molecule has 112 heavy (non-hydrogen) atoms. The number of hydrogen-bond acceptors (Lipinski definition) is 2. The van der Waals surface area contributed by atoms with Crippen LogP contribution in [0.25, 0.3) is 175 Å². The van der Waals surface area contributed by atoms with Crippen molar-refractivity contribution < 1.29 is 0 Å². The molecule has 0 unspecified atom stereocenters. The minimum Gasteiger partial charge on any atom is -0.310 e. The van der Waals surface area contributed by atoms with Crippen LogP contribution in [0.3, 0.4) is 0 Å². The largest absolute Gasteiger partial charge is 0.310 e. The molecule has 2 nitrogen and oxygen atoms in total. The lowest BCUT2D eigenvalue weighted by atomic mass is 9.81. The number of rotatable bonds is 14. The summed E-state index contributed by atoms with van der Waals surface area (Å²) in [6.07, 6.45) is 0. The Morgan fingerprint density at radius 1 is 0.125 bits per heavy atom. The number of hydrogen-bond donors (Lipinski definition) is 0. The average molecular weight is 1420 g/mol. The van der Waals surface area contributed by atoms with Crippen molar-refractivity contribution >= 4 is 120 Å². The highest BCUT2D eigenvalue weighted by Gasteiger charge is 2.27. The van der Waals surface area contributed by atoms with Gasteiger partial charge in [-0.15, -0.1) is 0 Å². The van der Waals surface area contributed by atoms with Gasteiger partial charge in [0.2, 0.25) is 0 Å². The molecule has 0 bridgehead atoms. The van der Waals surface area contributed by atoms with E-state index in [9.17, 15) is 0 Å². The lowest BCUT2D eigenvalue weighted by molar-refractivity contribution is 1.29. The molecule has 0 fully saturated rings. The lowest BCUT2D eigenvalue weighted by Gasteiger charge is -2.28. The molecule has 0 heterocycles. The van der Waals surface area contributed by atoms with Gasteiger partial charge in [-0.05, 0) is 284 Å². The second-order valence-electron chi connectivity index (χ2n) is 29.3. The van der Waals surface area contributed by atoms with Crippen molar-refractivity contribution in [2.45, 2.75) is 0 Å². The van der Waals surface area contributed by atoms with Gasteiger partial charge in [0.1, 0.15) is 0 Å². The lowest BCUT2D eigenvalue weighted by Crippen LogP contribution is -2.10. The van der Waals surface area contributed by atoms with Crippen LogP contribution in [0.2, 0.25) is 0 Å². The van der Waals surface area contributed by atoms with Gasteiger partial charge in [-0.25, -0.2) is 0 Å². The number of para-hydroxylation sites is 4. The Labute approximate surface area is 651 Å². The molecular weight excluding hydrogens is 1350 g/mol. The maximum Gasteiger partial charge on any atom is 0.0468 e. The predicted octanol–water partition coefficient (Wildman–Crippen LogP) is 31.2. The fourth-order valence-corrected chi connectivity index (χ4v) is 17.9. The van der Waals surface area contributed by atoms with Crippen LogP contribution in [0.1, 0.15) is 0 Å². The Hall–Kier alpha value is -14.7. The first-order valence-corrected chi connectivity index (χ1v) is 38.7. The molecule has 0 aliphatic carbocycles. The molecule has 21 aromatic rings. The molecule has 0 amide bonds. The van der Waals surface area contributed by atoms with Crippen LogP contribution in [0.4, 0.5) is 34.1 Å². The molecule has 522 valence electrons. The van der Waals surface area contributed by atoms with Crippen LogP contribution in [0.15, 0.2) is 437 Å². The molecule has 0 aliphatic rings. The third kappa shape index (κ3) is 11.5. The third-order valence-corrected chi connectivity index (χ3v) is 22.9. The van der Waals surface area contributed by atoms with Gasteiger partial charge in [0.25, 0.3) is 0 Å². The Kier molecular flexibility index (Phi) is 16.3. The Balaban J connectivity index is 0.923. The van der Waals surface area contributed by atoms with E-state index in [1.165, 1.54) is 98.0 Å². The van der Waals surface area contributed by atoms with Gasteiger partial charge < -0.3 is 9.80 Å². The Morgan fingerprint density at radius 2 is 0.366 bits per heavy atom. The van der Waals surface area contributed by atoms with Crippen LogP contribution < -0.4 is 9.80 Å². The van der Waals surface area contributed by atoms with Crippen molar-refractivity contribution in [2.75, 3.05) is 9.80 Å². The molecule has 0 saturated heterocycles. The zero-order valence-corrected chi connectivity index (χ0v) is 61.5. The molecule has 0 saturated carbocycles. The van der Waals surface area contributed by atoms with E-state index in [1.807, 2.05) is 0 Å². The molecule has 0 aliphatic heterocycles. The first kappa shape index (κ1) is 65.6. The fraction of sp³-hybridized carbons (Fsp3) is 0. The summed E-state index contributed by atoms with van der Waals surface area (Å²) in [7, 11) is 0. The van der Waals surface area contributed by atoms with Gasteiger partial charge in [0.15, 0.2) is 0 Å². The summed E-state index contributed by atoms with van der Waals surface area (Å²) in [5, 5.41) is 18.9. The fourth-order valence-electron chi connectivity index (χ4n) is 17.9. The summed E-state index contributed by atoms with van der Waals surface area (Å²) >= 11 is 0. The van der Waals surface area contributed by atoms with Gasteiger partial charge in [-0.3, -0.25) is 0 Å². The van der Waals surface area contributed by atoms with Crippen molar-refractivity contribution in [2.24, 2.45) is 0 Å². The van der Waals surface area contributed by atoms with E-state index in [2.05, 4.69) is 447 Å². The van der Waals surface area contributed by atoms with E-state index in [4.69, 9.17) is 0 Å². The highest BCUT2D eigenvalue weighted by molar-refractivity contribution is 6.25. The zero-order valence-electron chi connectivity index (χ0n) is 61.5. The van der Waals surface area contributed by atoms with E-state index < -0.39 is 0 Å². The van der Waals surface area contributed by atoms with Crippen LogP contribution in [-0.2, 0) is 0 Å². The molecule has 21 aromatic carbocycles. The molecule has 0 atom stereocenters. The van der Waals surface area contributed by atoms with Gasteiger partial charge in [0, 0.05) is 34.1 Å². The SMILES string of the molecule is c1ccc(N(c2ccccc2)c2ccc3c(-c4cc(-c5cccc6ccccc56)cc(-c5ccc(-c6cccc7ccccc67)c6c(-c7cccc8ccccc78)cccc56)c4)c4cc(N(c5ccccc5)c5ccccc5)ccc4c(-c4cc(-c5cccc6ccccc56)cc(-c5cccc6ccccc56)c4)c3c2)cc1. The average Bonchev–Trinajstić information content (AvgIpc) is 0.717. The third-order valence-electron chi connectivity index (χ3n) is 22.9. The molecule has 2 heteroatoms. The van der Waals surface area contributed by atoms with E-state index in [0.29, 0.717) is 0 Å². The standard InChI is InChI=1S/C110H72N2/c1-5-39-84(40-6-1)111(85-41-7-2-8-42-85)88-60-62-105-106(71-88)108(82-67-78(95-52-23-34-73-29-13-18-47-90(73)95)65-79(68-82)96-53-24-35-74-30-14-19-48-91(74)96)104-61-59-89(112(86-43-9-3-10-44-86)87-45-11-4-12-46-87)72-107(104)109(105)83-69-80(97-54-25-36-75-31-15-20-49-92(75)97)66-81(70-83)98-63-64-103(100-56-27-38-77-33-17-22-51-94(77)100)110-101(98)57-28-58-102(110)99-55-26-37-76-32-16-21-50-93(76)99/h1-72H. The molecule has 0 spiro atoms. The van der Waals surface area contributed by atoms with Crippen LogP contribution >= 0.6 is 0 Å². The molecule has 0 aromatic heterocycles. The second kappa shape index (κ2) is 27.8. The highest BCUT2D eigenvalue weighted by atomic mass is 15.1. The van der Waals surface area contributed by atoms with Crippen molar-refractivity contribution in [1.29, 1.82) is 0 Å². The smallest absolute Gasteiger partial charge is 0.0468 e. The highest BCUT2D eigenvalue weighted by Crippen LogP contribution is 2.53. The number of nitrogens with zero attached hydrogens (tertiary/aromatic N) is 2. The minimum absolute atomic E-state index is 1.04. The maximum atomic E-state index is 2.52. The summed E-state index contributed by atoms with van der Waals surface area (Å²) in [6, 6.07) is 163. The van der Waals surface area contributed by atoms with Crippen molar-refractivity contribution in [1.82, 2.24) is 0 Å². The Morgan fingerprint density at radius 3 is 0.714 bits per heavy atom. The minimum atomic E-state index is 1.04. The summed E-state index contributed by atoms with van der Waals surface area (Å²) < 4.78 is 0. The van der Waals surface area contributed by atoms with Crippen LogP contribution in [-0.4, -0.2) is 0 Å². The van der Waals surface area contributed by atoms with Crippen molar-refractivity contribution in [3.63, 3.8) is 0 Å². The number of fused-ring (bicyclic) bond motifs is 8. The summed E-state index contributed by atoms with van der Waals surface area (Å²) in [5.41, 5.74) is 24.7. The topological polar surface area (TPSA) is 6.48 Å². The summed E-state index contributed by atoms with van der Waals surface area (Å²) in [4.78, 5) is 4.84. The summed E-state index contributed by atoms with van der Waals surface area (Å²) in [6.45, 7) is 0. The van der Waals surface area contributed by atoms with Gasteiger partial charge in [-0.1, -0.05) is 328 Å². The van der Waals surface area contributed by atoms with E-state index in [0.717, 1.165) is 111 Å². The number of anilines is 6. The molecular formula is C110H72N2. The van der Waals surface area contributed by atoms with Crippen molar-refractivity contribution in [3.05, 3.63) is 437 Å². The normalized spacial score (nSPS) is 11.6. The molecule has 0 radical (unpaired) electrons. The predicted molar refractivity (Wildman–Crippen MR) is 479 cm³/mol. The zero-order chi connectivity index (χ0) is 74.0. The van der Waals surface area contributed by atoms with Gasteiger partial charge in [0.05, 0.1) is 0 Å².